The number of hydrogen-bond donors (Lipinski definition) is 0. The minimum atomic E-state index is -0.0392. The van der Waals surface area contributed by atoms with Crippen LogP contribution in [0.4, 0.5) is 0 Å². The van der Waals surface area contributed by atoms with Gasteiger partial charge in [-0.3, -0.25) is 4.79 Å². The summed E-state index contributed by atoms with van der Waals surface area (Å²) < 4.78 is 5.09. The molecule has 0 aromatic carbocycles. The molecule has 0 unspecified atom stereocenters. The van der Waals surface area contributed by atoms with Gasteiger partial charge in [-0.1, -0.05) is 67.0 Å². The summed E-state index contributed by atoms with van der Waals surface area (Å²) in [7, 11) is 1.54. The number of esters is 1. The molecule has 0 aliphatic heterocycles. The van der Waals surface area contributed by atoms with Gasteiger partial charge < -0.3 is 4.74 Å². The summed E-state index contributed by atoms with van der Waals surface area (Å²) in [6.07, 6.45) is 13.7. The van der Waals surface area contributed by atoms with E-state index in [9.17, 15) is 4.79 Å². The Kier molecular flexibility index (Phi) is 6.45. The Balaban J connectivity index is 1.77. The average molecular weight is 457 g/mol. The van der Waals surface area contributed by atoms with Crippen molar-refractivity contribution in [2.75, 3.05) is 7.11 Å². The first-order valence-electron chi connectivity index (χ1n) is 14.1. The lowest BCUT2D eigenvalue weighted by Gasteiger charge is -2.69. The van der Waals surface area contributed by atoms with Crippen molar-refractivity contribution in [3.05, 3.63) is 11.6 Å². The number of carbonyl (C=O) groups is 1. The fourth-order valence-corrected chi connectivity index (χ4v) is 10.2. The number of fused-ring (bicyclic) bond motifs is 5. The molecule has 2 heteroatoms. The zero-order valence-electron chi connectivity index (χ0n) is 23.2. The molecule has 188 valence electrons. The maximum Gasteiger partial charge on any atom is 0.305 e. The molecule has 4 rings (SSSR count). The maximum absolute atomic E-state index is 12.2. The molecule has 0 heterocycles. The topological polar surface area (TPSA) is 26.3 Å². The van der Waals surface area contributed by atoms with Crippen LogP contribution in [0.25, 0.3) is 0 Å². The smallest absolute Gasteiger partial charge is 0.305 e. The Morgan fingerprint density at radius 2 is 1.76 bits per heavy atom. The fraction of sp³-hybridized carbons (Fsp3) is 0.903. The number of rotatable bonds is 4. The van der Waals surface area contributed by atoms with Gasteiger partial charge in [0.05, 0.1) is 7.11 Å². The van der Waals surface area contributed by atoms with Crippen LogP contribution in [-0.4, -0.2) is 13.1 Å². The van der Waals surface area contributed by atoms with Gasteiger partial charge in [-0.25, -0.2) is 0 Å². The van der Waals surface area contributed by atoms with Crippen molar-refractivity contribution in [1.82, 2.24) is 0 Å². The second kappa shape index (κ2) is 8.41. The van der Waals surface area contributed by atoms with Crippen molar-refractivity contribution in [1.29, 1.82) is 0 Å². The molecule has 0 bridgehead atoms. The highest BCUT2D eigenvalue weighted by Gasteiger charge is 2.65. The van der Waals surface area contributed by atoms with E-state index >= 15 is 0 Å². The molecule has 0 spiro atoms. The molecular weight excluding hydrogens is 404 g/mol. The second-order valence-electron chi connectivity index (χ2n) is 14.2. The van der Waals surface area contributed by atoms with Gasteiger partial charge in [0.25, 0.3) is 0 Å². The third kappa shape index (κ3) is 3.58. The molecule has 0 aromatic rings. The number of ether oxygens (including phenoxy) is 1. The molecule has 33 heavy (non-hydrogen) atoms. The zero-order valence-corrected chi connectivity index (χ0v) is 23.2. The van der Waals surface area contributed by atoms with Crippen molar-refractivity contribution in [2.24, 2.45) is 57.2 Å². The van der Waals surface area contributed by atoms with E-state index in [4.69, 9.17) is 4.74 Å². The highest BCUT2D eigenvalue weighted by molar-refractivity contribution is 5.69. The summed E-state index contributed by atoms with van der Waals surface area (Å²) in [6, 6.07) is 0. The van der Waals surface area contributed by atoms with Crippen LogP contribution >= 0.6 is 0 Å². The molecule has 3 saturated carbocycles. The van der Waals surface area contributed by atoms with Crippen LogP contribution in [0.2, 0.25) is 0 Å². The average Bonchev–Trinajstić information content (AvgIpc) is 2.76. The lowest BCUT2D eigenvalue weighted by Crippen LogP contribution is -2.61. The summed E-state index contributed by atoms with van der Waals surface area (Å²) in [6.45, 7) is 20.4. The van der Waals surface area contributed by atoms with Crippen molar-refractivity contribution in [3.8, 4) is 0 Å². The molecule has 3 fully saturated rings. The summed E-state index contributed by atoms with van der Waals surface area (Å²) in [5, 5.41) is 0. The molecule has 4 aliphatic rings. The lowest BCUT2D eigenvalue weighted by molar-refractivity contribution is -0.161. The molecule has 0 amide bonds. The Morgan fingerprint density at radius 3 is 2.39 bits per heavy atom. The first-order chi connectivity index (χ1) is 15.3. The van der Waals surface area contributed by atoms with Crippen LogP contribution < -0.4 is 0 Å². The van der Waals surface area contributed by atoms with E-state index < -0.39 is 0 Å². The highest BCUT2D eigenvalue weighted by Crippen LogP contribution is 2.74. The van der Waals surface area contributed by atoms with Gasteiger partial charge in [-0.05, 0) is 109 Å². The third-order valence-electron chi connectivity index (χ3n) is 12.6. The van der Waals surface area contributed by atoms with Crippen LogP contribution in [0, 0.1) is 57.2 Å². The van der Waals surface area contributed by atoms with E-state index in [0.29, 0.717) is 40.4 Å². The van der Waals surface area contributed by atoms with E-state index in [1.54, 1.807) is 0 Å². The molecular formula is C31H52O2. The normalized spacial score (nSPS) is 49.5. The lowest BCUT2D eigenvalue weighted by atomic mass is 9.35. The van der Waals surface area contributed by atoms with Crippen LogP contribution in [0.5, 0.6) is 0 Å². The van der Waals surface area contributed by atoms with Crippen LogP contribution in [0.3, 0.4) is 0 Å². The van der Waals surface area contributed by atoms with E-state index in [1.165, 1.54) is 52.1 Å². The SMILES string of the molecule is COC(=O)CC[C@]1(C)[C@H]2CC=C3[C@@H]4[C@@H](C)[C@H](C)CC[C@]4(C)CC[C@@]3(C)[C@]2(C)CC[C@H]1C(C)C. The Labute approximate surface area is 204 Å². The number of allylic oxidation sites excluding steroid dienone is 2. The number of methoxy groups -OCH3 is 1. The predicted octanol–water partition coefficient (Wildman–Crippen LogP) is 8.45. The van der Waals surface area contributed by atoms with Crippen molar-refractivity contribution < 1.29 is 9.53 Å². The zero-order chi connectivity index (χ0) is 24.4. The minimum Gasteiger partial charge on any atom is -0.469 e. The number of carbonyl (C=O) groups excluding carboxylic acids is 1. The standard InChI is InChI=1S/C31H52O2/c1-20(2)23-13-17-31(8)25(29(23,6)16-14-26(32)33-9)11-10-24-27-22(4)21(3)12-15-28(27,5)18-19-30(24,31)7/h10,20-23,25,27H,11-19H2,1-9H3/t21-,22+,23+,25-,27+,28-,29+,30-,31-/m1/s1. The molecule has 4 aliphatic carbocycles. The molecule has 9 atom stereocenters. The van der Waals surface area contributed by atoms with E-state index in [-0.39, 0.29) is 11.4 Å². The third-order valence-corrected chi connectivity index (χ3v) is 12.6. The van der Waals surface area contributed by atoms with Gasteiger partial charge in [0, 0.05) is 6.42 Å². The fourth-order valence-electron chi connectivity index (χ4n) is 10.2. The van der Waals surface area contributed by atoms with Gasteiger partial charge in [0.2, 0.25) is 0 Å². The minimum absolute atomic E-state index is 0.0392. The summed E-state index contributed by atoms with van der Waals surface area (Å²) >= 11 is 0. The van der Waals surface area contributed by atoms with E-state index in [2.05, 4.69) is 61.5 Å². The maximum atomic E-state index is 12.2. The van der Waals surface area contributed by atoms with Gasteiger partial charge >= 0.3 is 5.97 Å². The van der Waals surface area contributed by atoms with Crippen LogP contribution in [0.1, 0.15) is 113 Å². The number of hydrogen-bond acceptors (Lipinski definition) is 2. The first-order valence-corrected chi connectivity index (χ1v) is 14.1. The highest BCUT2D eigenvalue weighted by atomic mass is 16.5. The van der Waals surface area contributed by atoms with Gasteiger partial charge in [-0.2, -0.15) is 0 Å². The second-order valence-corrected chi connectivity index (χ2v) is 14.2. The van der Waals surface area contributed by atoms with E-state index in [0.717, 1.165) is 24.2 Å². The van der Waals surface area contributed by atoms with Gasteiger partial charge in [-0.15, -0.1) is 0 Å². The Bertz CT molecular complexity index is 797. The molecule has 0 saturated heterocycles. The van der Waals surface area contributed by atoms with Crippen molar-refractivity contribution in [2.45, 2.75) is 113 Å². The van der Waals surface area contributed by atoms with Gasteiger partial charge in [0.1, 0.15) is 0 Å². The predicted molar refractivity (Wildman–Crippen MR) is 138 cm³/mol. The molecule has 0 radical (unpaired) electrons. The van der Waals surface area contributed by atoms with Crippen molar-refractivity contribution >= 4 is 5.97 Å². The monoisotopic (exact) mass is 456 g/mol. The molecule has 2 nitrogen and oxygen atoms in total. The van der Waals surface area contributed by atoms with Crippen LogP contribution in [0.15, 0.2) is 11.6 Å². The molecule has 0 N–H and O–H groups in total. The molecule has 0 aromatic heterocycles. The van der Waals surface area contributed by atoms with Crippen molar-refractivity contribution in [3.63, 3.8) is 0 Å². The first kappa shape index (κ1) is 25.3. The Morgan fingerprint density at radius 1 is 1.06 bits per heavy atom. The van der Waals surface area contributed by atoms with E-state index in [1.807, 2.05) is 5.57 Å². The largest absolute Gasteiger partial charge is 0.469 e. The quantitative estimate of drug-likeness (QED) is 0.313. The summed E-state index contributed by atoms with van der Waals surface area (Å²) in [5.74, 6) is 4.31. The van der Waals surface area contributed by atoms with Gasteiger partial charge in [0.15, 0.2) is 0 Å². The summed E-state index contributed by atoms with van der Waals surface area (Å²) in [5.41, 5.74) is 3.12. The summed E-state index contributed by atoms with van der Waals surface area (Å²) in [4.78, 5) is 12.2. The van der Waals surface area contributed by atoms with Crippen LogP contribution in [-0.2, 0) is 9.53 Å². The Hall–Kier alpha value is -0.790.